The van der Waals surface area contributed by atoms with Gasteiger partial charge in [-0.3, -0.25) is 9.80 Å². The Morgan fingerprint density at radius 2 is 2.00 bits per heavy atom. The van der Waals surface area contributed by atoms with Gasteiger partial charge in [0.05, 0.1) is 0 Å². The molecule has 2 aliphatic heterocycles. The Morgan fingerprint density at radius 3 is 2.69 bits per heavy atom. The van der Waals surface area contributed by atoms with Gasteiger partial charge in [0.15, 0.2) is 0 Å². The molecule has 1 saturated carbocycles. The lowest BCUT2D eigenvalue weighted by Gasteiger charge is -2.50. The quantitative estimate of drug-likeness (QED) is 0.708. The Morgan fingerprint density at radius 1 is 1.19 bits per heavy atom. The Labute approximate surface area is 100.0 Å². The fourth-order valence-corrected chi connectivity index (χ4v) is 3.73. The van der Waals surface area contributed by atoms with E-state index in [1.807, 2.05) is 0 Å². The van der Waals surface area contributed by atoms with Crippen LogP contribution in [0, 0.1) is 0 Å². The van der Waals surface area contributed by atoms with E-state index in [9.17, 15) is 0 Å². The van der Waals surface area contributed by atoms with Gasteiger partial charge in [0.1, 0.15) is 0 Å². The normalized spacial score (nSPS) is 39.4. The van der Waals surface area contributed by atoms with Gasteiger partial charge in [-0.05, 0) is 45.6 Å². The number of nitrogens with zero attached hydrogens (tertiary/aromatic N) is 2. The van der Waals surface area contributed by atoms with Gasteiger partial charge in [-0.25, -0.2) is 0 Å². The van der Waals surface area contributed by atoms with Gasteiger partial charge in [0.2, 0.25) is 0 Å². The number of rotatable bonds is 2. The topological polar surface area (TPSA) is 6.48 Å². The summed E-state index contributed by atoms with van der Waals surface area (Å²) in [6.07, 6.45) is 8.56. The lowest BCUT2D eigenvalue weighted by atomic mass is 9.94. The van der Waals surface area contributed by atoms with Crippen molar-refractivity contribution in [3.63, 3.8) is 0 Å². The zero-order valence-corrected chi connectivity index (χ0v) is 10.9. The minimum absolute atomic E-state index is 0.588. The minimum atomic E-state index is 0.588. The summed E-state index contributed by atoms with van der Waals surface area (Å²) in [6.45, 7) is 8.92. The fraction of sp³-hybridized carbons (Fsp3) is 1.00. The van der Waals surface area contributed by atoms with Crippen LogP contribution in [0.25, 0.3) is 0 Å². The van der Waals surface area contributed by atoms with E-state index in [2.05, 4.69) is 23.6 Å². The molecule has 16 heavy (non-hydrogen) atoms. The summed E-state index contributed by atoms with van der Waals surface area (Å²) in [7, 11) is 0. The number of hydrogen-bond acceptors (Lipinski definition) is 2. The van der Waals surface area contributed by atoms with E-state index in [1.165, 1.54) is 58.2 Å². The molecule has 92 valence electrons. The molecule has 2 heterocycles. The maximum Gasteiger partial charge on any atom is 0.0226 e. The van der Waals surface area contributed by atoms with Crippen LogP contribution in [-0.4, -0.2) is 47.1 Å². The maximum atomic E-state index is 2.86. The van der Waals surface area contributed by atoms with Crippen LogP contribution in [0.5, 0.6) is 0 Å². The van der Waals surface area contributed by atoms with Crippen molar-refractivity contribution in [1.29, 1.82) is 0 Å². The first kappa shape index (κ1) is 11.0. The fourth-order valence-electron chi connectivity index (χ4n) is 3.73. The predicted molar refractivity (Wildman–Crippen MR) is 67.6 cm³/mol. The molecule has 3 aliphatic rings. The summed E-state index contributed by atoms with van der Waals surface area (Å²) >= 11 is 0. The molecule has 0 aromatic heterocycles. The highest BCUT2D eigenvalue weighted by atomic mass is 15.3. The van der Waals surface area contributed by atoms with Crippen molar-refractivity contribution in [2.45, 2.75) is 70.0 Å². The zero-order chi connectivity index (χ0) is 11.2. The highest BCUT2D eigenvalue weighted by Gasteiger charge is 2.49. The van der Waals surface area contributed by atoms with E-state index in [1.54, 1.807) is 0 Å². The van der Waals surface area contributed by atoms with E-state index in [0.29, 0.717) is 5.54 Å². The first-order valence-corrected chi connectivity index (χ1v) is 7.24. The van der Waals surface area contributed by atoms with Crippen molar-refractivity contribution in [3.05, 3.63) is 0 Å². The number of piperazine rings is 1. The van der Waals surface area contributed by atoms with Crippen molar-refractivity contribution < 1.29 is 0 Å². The molecule has 3 fully saturated rings. The molecule has 0 amide bonds. The van der Waals surface area contributed by atoms with Gasteiger partial charge >= 0.3 is 0 Å². The summed E-state index contributed by atoms with van der Waals surface area (Å²) < 4.78 is 0. The molecule has 0 radical (unpaired) electrons. The summed E-state index contributed by atoms with van der Waals surface area (Å²) in [5.74, 6) is 0. The molecule has 0 aromatic rings. The van der Waals surface area contributed by atoms with Crippen LogP contribution in [0.2, 0.25) is 0 Å². The van der Waals surface area contributed by atoms with E-state index >= 15 is 0 Å². The number of piperidine rings is 1. The van der Waals surface area contributed by atoms with Crippen molar-refractivity contribution in [2.75, 3.05) is 19.6 Å². The highest BCUT2D eigenvalue weighted by Crippen LogP contribution is 2.44. The Bertz CT molecular complexity index is 259. The van der Waals surface area contributed by atoms with Gasteiger partial charge in [-0.15, -0.1) is 0 Å². The predicted octanol–water partition coefficient (Wildman–Crippen LogP) is 2.49. The van der Waals surface area contributed by atoms with Crippen LogP contribution in [0.15, 0.2) is 0 Å². The largest absolute Gasteiger partial charge is 0.298 e. The third-order valence-corrected chi connectivity index (χ3v) is 5.18. The van der Waals surface area contributed by atoms with Crippen molar-refractivity contribution >= 4 is 0 Å². The Hall–Kier alpha value is -0.0800. The molecular weight excluding hydrogens is 196 g/mol. The SMILES string of the molecule is CCC1CN2CCCCC2CN1C1(C)CC1. The second-order valence-corrected chi connectivity index (χ2v) is 6.36. The molecule has 0 spiro atoms. The molecule has 0 N–H and O–H groups in total. The lowest BCUT2D eigenvalue weighted by Crippen LogP contribution is -2.62. The third kappa shape index (κ3) is 1.80. The second-order valence-electron chi connectivity index (χ2n) is 6.36. The van der Waals surface area contributed by atoms with Crippen LogP contribution >= 0.6 is 0 Å². The molecule has 3 rings (SSSR count). The van der Waals surface area contributed by atoms with Crippen LogP contribution in [0.4, 0.5) is 0 Å². The van der Waals surface area contributed by atoms with Crippen LogP contribution in [0.3, 0.4) is 0 Å². The molecule has 2 heteroatoms. The van der Waals surface area contributed by atoms with Crippen molar-refractivity contribution in [1.82, 2.24) is 9.80 Å². The molecule has 0 aromatic carbocycles. The lowest BCUT2D eigenvalue weighted by molar-refractivity contribution is -0.0187. The standard InChI is InChI=1S/C14H26N2/c1-3-12-10-15-9-5-4-6-13(15)11-16(12)14(2)7-8-14/h12-13H,3-11H2,1-2H3. The van der Waals surface area contributed by atoms with E-state index < -0.39 is 0 Å². The van der Waals surface area contributed by atoms with Gasteiger partial charge in [0.25, 0.3) is 0 Å². The van der Waals surface area contributed by atoms with Crippen molar-refractivity contribution in [2.24, 2.45) is 0 Å². The Kier molecular flexibility index (Phi) is 2.75. The minimum Gasteiger partial charge on any atom is -0.298 e. The summed E-state index contributed by atoms with van der Waals surface area (Å²) in [6, 6.07) is 1.72. The molecule has 2 atom stereocenters. The Balaban J connectivity index is 1.73. The van der Waals surface area contributed by atoms with Crippen LogP contribution in [0.1, 0.15) is 52.4 Å². The van der Waals surface area contributed by atoms with E-state index in [-0.39, 0.29) is 0 Å². The summed E-state index contributed by atoms with van der Waals surface area (Å²) in [5.41, 5.74) is 0.588. The highest BCUT2D eigenvalue weighted by molar-refractivity contribution is 5.05. The molecular formula is C14H26N2. The first-order valence-electron chi connectivity index (χ1n) is 7.24. The third-order valence-electron chi connectivity index (χ3n) is 5.18. The molecule has 1 aliphatic carbocycles. The summed E-state index contributed by atoms with van der Waals surface area (Å²) in [5, 5.41) is 0. The zero-order valence-electron chi connectivity index (χ0n) is 10.9. The van der Waals surface area contributed by atoms with Crippen LogP contribution < -0.4 is 0 Å². The van der Waals surface area contributed by atoms with Crippen molar-refractivity contribution in [3.8, 4) is 0 Å². The average molecular weight is 222 g/mol. The van der Waals surface area contributed by atoms with Gasteiger partial charge < -0.3 is 0 Å². The number of fused-ring (bicyclic) bond motifs is 1. The molecule has 0 bridgehead atoms. The number of hydrogen-bond donors (Lipinski definition) is 0. The molecule has 2 unspecified atom stereocenters. The summed E-state index contributed by atoms with van der Waals surface area (Å²) in [4.78, 5) is 5.64. The van der Waals surface area contributed by atoms with Gasteiger partial charge in [-0.1, -0.05) is 13.3 Å². The van der Waals surface area contributed by atoms with E-state index in [0.717, 1.165) is 12.1 Å². The monoisotopic (exact) mass is 222 g/mol. The van der Waals surface area contributed by atoms with Gasteiger partial charge in [0, 0.05) is 30.7 Å². The first-order chi connectivity index (χ1) is 7.73. The van der Waals surface area contributed by atoms with Crippen LogP contribution in [-0.2, 0) is 0 Å². The molecule has 2 nitrogen and oxygen atoms in total. The second kappa shape index (κ2) is 3.99. The van der Waals surface area contributed by atoms with E-state index in [4.69, 9.17) is 0 Å². The average Bonchev–Trinajstić information content (AvgIpc) is 3.07. The van der Waals surface area contributed by atoms with Gasteiger partial charge in [-0.2, -0.15) is 0 Å². The molecule has 2 saturated heterocycles. The smallest absolute Gasteiger partial charge is 0.0226 e. The maximum absolute atomic E-state index is 2.86.